The fourth-order valence-corrected chi connectivity index (χ4v) is 5.98. The number of hydrogen-bond acceptors (Lipinski definition) is 5. The Bertz CT molecular complexity index is 1550. The molecule has 0 aromatic heterocycles. The molecule has 4 N–H and O–H groups in total. The molecule has 1 aliphatic heterocycles. The monoisotopic (exact) mass is 638 g/mol. The number of nitrogens with zero attached hydrogens (tertiary/aromatic N) is 2. The van der Waals surface area contributed by atoms with E-state index in [2.05, 4.69) is 110 Å². The molecule has 0 atom stereocenters. The lowest BCUT2D eigenvalue weighted by Crippen LogP contribution is -2.29. The van der Waals surface area contributed by atoms with Crippen LogP contribution in [-0.4, -0.2) is 55.0 Å². The van der Waals surface area contributed by atoms with Crippen molar-refractivity contribution in [3.63, 3.8) is 0 Å². The number of anilines is 1. The van der Waals surface area contributed by atoms with Gasteiger partial charge in [-0.15, -0.1) is 0 Å². The predicted molar refractivity (Wildman–Crippen MR) is 189 cm³/mol. The van der Waals surface area contributed by atoms with Crippen molar-refractivity contribution in [1.29, 1.82) is 0 Å². The quantitative estimate of drug-likeness (QED) is 0.0616. The van der Waals surface area contributed by atoms with Gasteiger partial charge in [-0.05, 0) is 71.3 Å². The maximum Gasteiger partial charge on any atom is 0.325 e. The number of fused-ring (bicyclic) bond motifs is 2. The molecule has 0 spiro atoms. The molecular formula is C36H53N3O5P+. The maximum absolute atomic E-state index is 10.8. The molecule has 0 bridgehead atoms. The smallest absolute Gasteiger partial charge is 0.325 e. The van der Waals surface area contributed by atoms with E-state index >= 15 is 0 Å². The number of carbonyl (C=O) groups excluding carboxylic acids is 1. The number of nitrogens with two attached hydrogens (primary N) is 1. The van der Waals surface area contributed by atoms with Crippen LogP contribution < -0.4 is 20.6 Å². The topological polar surface area (TPSA) is 120 Å². The summed E-state index contributed by atoms with van der Waals surface area (Å²) in [5.41, 5.74) is 10.2. The molecule has 0 saturated heterocycles. The van der Waals surface area contributed by atoms with E-state index in [1.54, 1.807) is 0 Å². The summed E-state index contributed by atoms with van der Waals surface area (Å²) in [6, 6.07) is 23.9. The SMILES string of the molecule is CCC(=O)CCCCCP(=O)(O)O.CCN(CC)c1ccc2c(-c3ccccc3)c3ccc(=[N+](CC)CC)cc-3oc2c1.CN. The lowest BCUT2D eigenvalue weighted by Gasteiger charge is -2.22. The van der Waals surface area contributed by atoms with Crippen molar-refractivity contribution in [2.75, 3.05) is 44.3 Å². The molecule has 4 rings (SSSR count). The summed E-state index contributed by atoms with van der Waals surface area (Å²) in [6.07, 6.45) is 2.99. The summed E-state index contributed by atoms with van der Waals surface area (Å²) in [7, 11) is -2.32. The summed E-state index contributed by atoms with van der Waals surface area (Å²) < 4.78 is 19.3. The van der Waals surface area contributed by atoms with Gasteiger partial charge in [-0.2, -0.15) is 0 Å². The van der Waals surface area contributed by atoms with Crippen LogP contribution in [0.1, 0.15) is 66.7 Å². The number of unbranched alkanes of at least 4 members (excludes halogenated alkanes) is 2. The van der Waals surface area contributed by atoms with E-state index in [-0.39, 0.29) is 11.9 Å². The fourth-order valence-electron chi connectivity index (χ4n) is 5.35. The largest absolute Gasteiger partial charge is 0.456 e. The zero-order chi connectivity index (χ0) is 33.4. The molecule has 0 saturated carbocycles. The molecular weight excluding hydrogens is 585 g/mol. The third-order valence-electron chi connectivity index (χ3n) is 7.81. The minimum absolute atomic E-state index is 0.0622. The highest BCUT2D eigenvalue weighted by atomic mass is 31.2. The second kappa shape index (κ2) is 19.3. The molecule has 9 heteroatoms. The van der Waals surface area contributed by atoms with Gasteiger partial charge < -0.3 is 24.8 Å². The fraction of sp³-hybridized carbons (Fsp3) is 0.444. The third-order valence-corrected chi connectivity index (χ3v) is 8.71. The number of hydrogen-bond donors (Lipinski definition) is 3. The molecule has 246 valence electrons. The van der Waals surface area contributed by atoms with E-state index < -0.39 is 7.60 Å². The molecule has 0 fully saturated rings. The van der Waals surface area contributed by atoms with Crippen LogP contribution in [0, 0.1) is 0 Å². The van der Waals surface area contributed by atoms with Gasteiger partial charge in [0.05, 0.1) is 6.07 Å². The van der Waals surface area contributed by atoms with Gasteiger partial charge in [-0.1, -0.05) is 43.7 Å². The summed E-state index contributed by atoms with van der Waals surface area (Å²) >= 11 is 0. The average molecular weight is 639 g/mol. The van der Waals surface area contributed by atoms with Crippen molar-refractivity contribution < 1.29 is 23.6 Å². The van der Waals surface area contributed by atoms with Crippen molar-refractivity contribution in [2.24, 2.45) is 5.73 Å². The Balaban J connectivity index is 0.000000398. The second-order valence-corrected chi connectivity index (χ2v) is 12.4. The van der Waals surface area contributed by atoms with Gasteiger partial charge >= 0.3 is 7.60 Å². The van der Waals surface area contributed by atoms with Crippen LogP contribution in [0.3, 0.4) is 0 Å². The Labute approximate surface area is 269 Å². The van der Waals surface area contributed by atoms with Crippen molar-refractivity contribution in [2.45, 2.75) is 66.7 Å². The molecule has 0 amide bonds. The molecule has 45 heavy (non-hydrogen) atoms. The van der Waals surface area contributed by atoms with Gasteiger partial charge in [0.25, 0.3) is 0 Å². The van der Waals surface area contributed by atoms with Gasteiger partial charge in [0.15, 0.2) is 0 Å². The normalized spacial score (nSPS) is 11.0. The van der Waals surface area contributed by atoms with E-state index in [1.165, 1.54) is 29.2 Å². The second-order valence-electron chi connectivity index (χ2n) is 10.6. The standard InChI is InChI=1S/C27H31N2O.C8H17O4P.CH5N/c1-5-28(6-2)21-14-16-23-25(18-21)30-26-19-22(29(7-3)8-4)15-17-24(26)27(23)20-12-10-9-11-13-20;1-2-8(9)6-4-3-5-7-13(10,11)12;1-2/h9-19H,5-8H2,1-4H3;2-7H2,1H3,(H2,10,11,12);2H2,1H3/q+1;;. The molecule has 0 unspecified atom stereocenters. The van der Waals surface area contributed by atoms with E-state index in [4.69, 9.17) is 14.2 Å². The number of rotatable bonds is 13. The molecule has 1 heterocycles. The lowest BCUT2D eigenvalue weighted by molar-refractivity contribution is -0.118. The number of carbonyl (C=O) groups is 1. The predicted octanol–water partition coefficient (Wildman–Crippen LogP) is 7.14. The molecule has 2 aliphatic rings. The van der Waals surface area contributed by atoms with Gasteiger partial charge in [0.1, 0.15) is 30.2 Å². The number of benzene rings is 3. The Hall–Kier alpha value is -3.29. The highest BCUT2D eigenvalue weighted by Gasteiger charge is 2.19. The van der Waals surface area contributed by atoms with Crippen LogP contribution in [0.25, 0.3) is 33.4 Å². The minimum Gasteiger partial charge on any atom is -0.456 e. The van der Waals surface area contributed by atoms with Crippen LogP contribution in [0.2, 0.25) is 0 Å². The molecule has 2 aromatic carbocycles. The van der Waals surface area contributed by atoms with Gasteiger partial charge in [0.2, 0.25) is 5.36 Å². The third kappa shape index (κ3) is 11.2. The highest BCUT2D eigenvalue weighted by molar-refractivity contribution is 7.51. The van der Waals surface area contributed by atoms with E-state index in [0.717, 1.165) is 61.3 Å². The van der Waals surface area contributed by atoms with Crippen LogP contribution in [0.5, 0.6) is 0 Å². The average Bonchev–Trinajstić information content (AvgIpc) is 3.05. The van der Waals surface area contributed by atoms with Crippen molar-refractivity contribution in [1.82, 2.24) is 4.58 Å². The van der Waals surface area contributed by atoms with E-state index in [0.29, 0.717) is 19.3 Å². The first kappa shape index (κ1) is 37.9. The summed E-state index contributed by atoms with van der Waals surface area (Å²) in [5.74, 6) is 1.15. The summed E-state index contributed by atoms with van der Waals surface area (Å²) in [6.45, 7) is 14.5. The molecule has 1 aliphatic carbocycles. The summed E-state index contributed by atoms with van der Waals surface area (Å²) in [5, 5.41) is 2.36. The Morgan fingerprint density at radius 1 is 0.867 bits per heavy atom. The lowest BCUT2D eigenvalue weighted by atomic mass is 9.93. The van der Waals surface area contributed by atoms with Crippen LogP contribution in [0.4, 0.5) is 5.69 Å². The van der Waals surface area contributed by atoms with Crippen molar-refractivity contribution in [3.05, 3.63) is 72.1 Å². The first-order valence-corrected chi connectivity index (χ1v) is 18.0. The van der Waals surface area contributed by atoms with E-state index in [1.807, 2.05) is 6.92 Å². The zero-order valence-corrected chi connectivity index (χ0v) is 28.9. The Morgan fingerprint density at radius 3 is 2.11 bits per heavy atom. The molecule has 2 aromatic rings. The first-order valence-electron chi connectivity index (χ1n) is 16.2. The zero-order valence-electron chi connectivity index (χ0n) is 28.0. The highest BCUT2D eigenvalue weighted by Crippen LogP contribution is 2.40. The molecule has 8 nitrogen and oxygen atoms in total. The van der Waals surface area contributed by atoms with Gasteiger partial charge in [-0.25, -0.2) is 4.58 Å². The van der Waals surface area contributed by atoms with Crippen LogP contribution >= 0.6 is 7.60 Å². The Kier molecular flexibility index (Phi) is 16.2. The van der Waals surface area contributed by atoms with Gasteiger partial charge in [-0.3, -0.25) is 9.36 Å². The maximum atomic E-state index is 10.8. The summed E-state index contributed by atoms with van der Waals surface area (Å²) in [4.78, 5) is 30.2. The first-order chi connectivity index (χ1) is 21.6. The minimum atomic E-state index is -3.82. The number of Topliss-reactive ketones (excluding diaryl/α,β-unsaturated/α-hetero) is 1. The van der Waals surface area contributed by atoms with Crippen molar-refractivity contribution >= 4 is 30.0 Å². The van der Waals surface area contributed by atoms with Gasteiger partial charge in [0, 0.05) is 66.4 Å². The van der Waals surface area contributed by atoms with Crippen LogP contribution in [0.15, 0.2) is 71.1 Å². The van der Waals surface area contributed by atoms with E-state index in [9.17, 15) is 9.36 Å². The number of ketones is 1. The van der Waals surface area contributed by atoms with Crippen molar-refractivity contribution in [3.8, 4) is 22.5 Å². The molecule has 0 radical (unpaired) electrons. The Morgan fingerprint density at radius 2 is 1.53 bits per heavy atom. The van der Waals surface area contributed by atoms with Crippen LogP contribution in [-0.2, 0) is 9.36 Å².